The number of fused-ring (bicyclic) bond motifs is 1. The highest BCUT2D eigenvalue weighted by atomic mass is 16.7. The van der Waals surface area contributed by atoms with Crippen LogP contribution in [0.3, 0.4) is 0 Å². The van der Waals surface area contributed by atoms with Crippen LogP contribution in [0.2, 0.25) is 0 Å². The van der Waals surface area contributed by atoms with Gasteiger partial charge in [-0.05, 0) is 60.4 Å². The molecule has 3 aromatic carbocycles. The number of hydrogen-bond donors (Lipinski definition) is 1. The number of rotatable bonds is 10. The van der Waals surface area contributed by atoms with Crippen LogP contribution in [0.4, 0.5) is 0 Å². The third kappa shape index (κ3) is 6.60. The first-order chi connectivity index (χ1) is 17.5. The minimum Gasteiger partial charge on any atom is -0.462 e. The fourth-order valence-electron chi connectivity index (χ4n) is 3.80. The summed E-state index contributed by atoms with van der Waals surface area (Å²) in [4.78, 5) is 37.8. The molecule has 1 aliphatic heterocycles. The van der Waals surface area contributed by atoms with Crippen molar-refractivity contribution in [3.63, 3.8) is 0 Å². The Kier molecular flexibility index (Phi) is 8.13. The summed E-state index contributed by atoms with van der Waals surface area (Å²) >= 11 is 0. The fraction of sp³-hybridized carbons (Fsp3) is 0.207. The maximum Gasteiger partial charge on any atom is 0.338 e. The third-order valence-electron chi connectivity index (χ3n) is 5.66. The Balaban J connectivity index is 1.44. The molecule has 7 nitrogen and oxygen atoms in total. The largest absolute Gasteiger partial charge is 0.462 e. The molecule has 0 unspecified atom stereocenters. The Morgan fingerprint density at radius 2 is 1.69 bits per heavy atom. The topological polar surface area (TPSA) is 90.9 Å². The van der Waals surface area contributed by atoms with Gasteiger partial charge < -0.3 is 19.5 Å². The van der Waals surface area contributed by atoms with E-state index in [-0.39, 0.29) is 24.9 Å². The molecule has 36 heavy (non-hydrogen) atoms. The zero-order valence-corrected chi connectivity index (χ0v) is 19.9. The van der Waals surface area contributed by atoms with E-state index in [0.717, 1.165) is 16.7 Å². The average Bonchev–Trinajstić information content (AvgIpc) is 3.36. The van der Waals surface area contributed by atoms with Crippen LogP contribution in [0, 0.1) is 0 Å². The van der Waals surface area contributed by atoms with Crippen molar-refractivity contribution in [3.8, 4) is 11.5 Å². The Hall–Kier alpha value is -4.39. The van der Waals surface area contributed by atoms with E-state index in [1.54, 1.807) is 49.4 Å². The van der Waals surface area contributed by atoms with Crippen molar-refractivity contribution in [2.24, 2.45) is 0 Å². The van der Waals surface area contributed by atoms with Gasteiger partial charge in [0.15, 0.2) is 17.3 Å². The van der Waals surface area contributed by atoms with Gasteiger partial charge in [0.05, 0.1) is 18.2 Å². The van der Waals surface area contributed by atoms with Crippen LogP contribution in [0.1, 0.15) is 34.0 Å². The average molecular weight is 486 g/mol. The van der Waals surface area contributed by atoms with E-state index in [1.807, 2.05) is 36.4 Å². The van der Waals surface area contributed by atoms with Crippen molar-refractivity contribution in [1.82, 2.24) is 5.32 Å². The Bertz CT molecular complexity index is 1250. The molecule has 0 saturated carbocycles. The predicted molar refractivity (Wildman–Crippen MR) is 135 cm³/mol. The van der Waals surface area contributed by atoms with Gasteiger partial charge in [0.25, 0.3) is 0 Å². The van der Waals surface area contributed by atoms with Crippen molar-refractivity contribution in [3.05, 3.63) is 101 Å². The van der Waals surface area contributed by atoms with E-state index in [1.165, 1.54) is 6.08 Å². The fourth-order valence-corrected chi connectivity index (χ4v) is 3.80. The molecule has 1 amide bonds. The molecule has 0 aromatic heterocycles. The molecule has 0 aliphatic carbocycles. The van der Waals surface area contributed by atoms with Gasteiger partial charge in [0, 0.05) is 12.5 Å². The van der Waals surface area contributed by atoms with Crippen LogP contribution < -0.4 is 14.8 Å². The zero-order chi connectivity index (χ0) is 25.3. The second-order valence-electron chi connectivity index (χ2n) is 8.26. The molecule has 0 fully saturated rings. The molecule has 0 bridgehead atoms. The maximum absolute atomic E-state index is 13.2. The van der Waals surface area contributed by atoms with Crippen LogP contribution in [-0.4, -0.2) is 37.1 Å². The Morgan fingerprint density at radius 1 is 0.944 bits per heavy atom. The number of Topliss-reactive ketones (excluding diaryl/α,β-unsaturated/α-hetero) is 1. The van der Waals surface area contributed by atoms with Crippen LogP contribution in [0.5, 0.6) is 11.5 Å². The number of ether oxygens (including phenoxy) is 3. The smallest absolute Gasteiger partial charge is 0.338 e. The molecule has 0 radical (unpaired) electrons. The molecule has 1 heterocycles. The van der Waals surface area contributed by atoms with Crippen molar-refractivity contribution >= 4 is 23.7 Å². The van der Waals surface area contributed by atoms with E-state index in [9.17, 15) is 14.4 Å². The monoisotopic (exact) mass is 485 g/mol. The minimum atomic E-state index is -0.717. The summed E-state index contributed by atoms with van der Waals surface area (Å²) in [6, 6.07) is 20.9. The number of nitrogens with one attached hydrogen (secondary N) is 1. The number of carbonyl (C=O) groups excluding carboxylic acids is 3. The van der Waals surface area contributed by atoms with E-state index in [0.29, 0.717) is 30.1 Å². The number of amides is 1. The van der Waals surface area contributed by atoms with E-state index < -0.39 is 12.0 Å². The summed E-state index contributed by atoms with van der Waals surface area (Å²) in [7, 11) is 0. The highest BCUT2D eigenvalue weighted by molar-refractivity contribution is 5.97. The van der Waals surface area contributed by atoms with Crippen molar-refractivity contribution in [2.75, 3.05) is 13.4 Å². The number of hydrogen-bond acceptors (Lipinski definition) is 6. The van der Waals surface area contributed by atoms with Crippen molar-refractivity contribution in [2.45, 2.75) is 25.8 Å². The normalized spacial score (nSPS) is 12.8. The van der Waals surface area contributed by atoms with Crippen LogP contribution in [0.25, 0.3) is 6.08 Å². The highest BCUT2D eigenvalue weighted by Gasteiger charge is 2.21. The maximum atomic E-state index is 13.2. The molecular formula is C29H27NO6. The van der Waals surface area contributed by atoms with Crippen LogP contribution in [0.15, 0.2) is 78.9 Å². The summed E-state index contributed by atoms with van der Waals surface area (Å²) in [5, 5.41) is 2.85. The summed E-state index contributed by atoms with van der Waals surface area (Å²) < 4.78 is 15.7. The molecule has 0 saturated heterocycles. The standard InChI is InChI=1S/C29H27NO6/c1-2-34-29(33)23-12-8-21(9-13-23)17-25(31)24(16-20-6-4-3-5-7-20)30-28(32)15-11-22-10-14-26-27(18-22)36-19-35-26/h3-15,18,24H,2,16-17,19H2,1H3,(H,30,32)/b15-11+/t24-/m0/s1. The lowest BCUT2D eigenvalue weighted by atomic mass is 9.97. The summed E-state index contributed by atoms with van der Waals surface area (Å²) in [6.07, 6.45) is 3.54. The molecule has 4 rings (SSSR count). The molecule has 184 valence electrons. The van der Waals surface area contributed by atoms with Crippen molar-refractivity contribution in [1.29, 1.82) is 0 Å². The number of benzene rings is 3. The van der Waals surface area contributed by atoms with E-state index in [4.69, 9.17) is 14.2 Å². The summed E-state index contributed by atoms with van der Waals surface area (Å²) in [5.74, 6) is 0.384. The van der Waals surface area contributed by atoms with Gasteiger partial charge in [0.1, 0.15) is 0 Å². The van der Waals surface area contributed by atoms with Gasteiger partial charge >= 0.3 is 5.97 Å². The van der Waals surface area contributed by atoms with E-state index >= 15 is 0 Å². The molecular weight excluding hydrogens is 458 g/mol. The highest BCUT2D eigenvalue weighted by Crippen LogP contribution is 2.32. The Morgan fingerprint density at radius 3 is 2.44 bits per heavy atom. The first-order valence-corrected chi connectivity index (χ1v) is 11.7. The third-order valence-corrected chi connectivity index (χ3v) is 5.66. The lowest BCUT2D eigenvalue weighted by Crippen LogP contribution is -2.42. The Labute approximate surface area is 209 Å². The quantitative estimate of drug-likeness (QED) is 0.343. The van der Waals surface area contributed by atoms with Gasteiger partial charge in [0.2, 0.25) is 12.7 Å². The first kappa shape index (κ1) is 24.7. The predicted octanol–water partition coefficient (Wildman–Crippen LogP) is 4.14. The second kappa shape index (κ2) is 11.8. The lowest BCUT2D eigenvalue weighted by molar-refractivity contribution is -0.125. The molecule has 0 spiro atoms. The van der Waals surface area contributed by atoms with Crippen LogP contribution in [-0.2, 0) is 27.2 Å². The molecule has 7 heteroatoms. The first-order valence-electron chi connectivity index (χ1n) is 11.7. The SMILES string of the molecule is CCOC(=O)c1ccc(CC(=O)[C@H](Cc2ccccc2)NC(=O)/C=C/c2ccc3c(c2)OCO3)cc1. The number of ketones is 1. The van der Waals surface area contributed by atoms with Crippen LogP contribution >= 0.6 is 0 Å². The second-order valence-corrected chi connectivity index (χ2v) is 8.26. The molecule has 3 aromatic rings. The summed E-state index contributed by atoms with van der Waals surface area (Å²) in [6.45, 7) is 2.22. The summed E-state index contributed by atoms with van der Waals surface area (Å²) in [5.41, 5.74) is 2.89. The minimum absolute atomic E-state index is 0.118. The van der Waals surface area contributed by atoms with Crippen molar-refractivity contribution < 1.29 is 28.6 Å². The zero-order valence-electron chi connectivity index (χ0n) is 19.9. The lowest BCUT2D eigenvalue weighted by Gasteiger charge is -2.17. The molecule has 1 N–H and O–H groups in total. The van der Waals surface area contributed by atoms with Gasteiger partial charge in [-0.3, -0.25) is 9.59 Å². The van der Waals surface area contributed by atoms with Gasteiger partial charge in [-0.15, -0.1) is 0 Å². The van der Waals surface area contributed by atoms with Gasteiger partial charge in [-0.1, -0.05) is 48.5 Å². The van der Waals surface area contributed by atoms with E-state index in [2.05, 4.69) is 5.32 Å². The van der Waals surface area contributed by atoms with Gasteiger partial charge in [-0.25, -0.2) is 4.79 Å². The molecule has 1 atom stereocenters. The molecule has 1 aliphatic rings. The van der Waals surface area contributed by atoms with Gasteiger partial charge in [-0.2, -0.15) is 0 Å². The number of carbonyl (C=O) groups is 3. The number of esters is 1.